The Hall–Kier alpha value is -2.41. The molecule has 1 aromatic carbocycles. The first-order chi connectivity index (χ1) is 11.0. The molecule has 0 unspecified atom stereocenters. The normalized spacial score (nSPS) is 23.0. The van der Waals surface area contributed by atoms with Crippen LogP contribution in [0.2, 0.25) is 0 Å². The molecule has 23 heavy (non-hydrogen) atoms. The number of nitrogens with zero attached hydrogens (tertiary/aromatic N) is 1. The summed E-state index contributed by atoms with van der Waals surface area (Å²) in [6.07, 6.45) is -0.383. The minimum absolute atomic E-state index is 0.0541. The van der Waals surface area contributed by atoms with Crippen molar-refractivity contribution in [3.8, 4) is 0 Å². The summed E-state index contributed by atoms with van der Waals surface area (Å²) in [6.45, 7) is 1.85. The van der Waals surface area contributed by atoms with E-state index >= 15 is 0 Å². The van der Waals surface area contributed by atoms with E-state index in [0.717, 1.165) is 5.56 Å². The molecule has 0 saturated carbocycles. The first-order valence-corrected chi connectivity index (χ1v) is 7.50. The number of rotatable bonds is 4. The van der Waals surface area contributed by atoms with Gasteiger partial charge in [0.1, 0.15) is 6.10 Å². The minimum atomic E-state index is -0.469. The van der Waals surface area contributed by atoms with Crippen molar-refractivity contribution in [3.05, 3.63) is 29.3 Å². The average Bonchev–Trinajstić information content (AvgIpc) is 3.05. The number of ketones is 1. The lowest BCUT2D eigenvalue weighted by Gasteiger charge is -2.14. The number of hydrogen-bond acceptors (Lipinski definition) is 5. The Balaban J connectivity index is 1.75. The average molecular weight is 318 g/mol. The number of hydrogen-bond donors (Lipinski definition) is 2. The zero-order valence-corrected chi connectivity index (χ0v) is 12.7. The smallest absolute Gasteiger partial charge is 0.414 e. The lowest BCUT2D eigenvalue weighted by molar-refractivity contribution is -0.119. The maximum Gasteiger partial charge on any atom is 0.414 e. The van der Waals surface area contributed by atoms with E-state index in [1.54, 1.807) is 18.2 Å². The highest BCUT2D eigenvalue weighted by atomic mass is 16.6. The predicted molar refractivity (Wildman–Crippen MR) is 81.4 cm³/mol. The van der Waals surface area contributed by atoms with Crippen molar-refractivity contribution in [1.82, 2.24) is 5.32 Å². The second-order valence-electron chi connectivity index (χ2n) is 5.84. The Labute approximate surface area is 133 Å². The maximum absolute atomic E-state index is 12.0. The molecule has 1 aliphatic carbocycles. The third-order valence-corrected chi connectivity index (χ3v) is 4.18. The highest BCUT2D eigenvalue weighted by Crippen LogP contribution is 2.31. The first kappa shape index (κ1) is 15.5. The van der Waals surface area contributed by atoms with Crippen LogP contribution in [0.15, 0.2) is 18.2 Å². The first-order valence-electron chi connectivity index (χ1n) is 7.50. The number of fused-ring (bicyclic) bond motifs is 1. The summed E-state index contributed by atoms with van der Waals surface area (Å²) in [4.78, 5) is 36.4. The van der Waals surface area contributed by atoms with Crippen molar-refractivity contribution in [1.29, 1.82) is 0 Å². The van der Waals surface area contributed by atoms with Crippen LogP contribution in [0.5, 0.6) is 0 Å². The van der Waals surface area contributed by atoms with Crippen LogP contribution in [0, 0.1) is 5.92 Å². The molecule has 3 rings (SSSR count). The van der Waals surface area contributed by atoms with E-state index < -0.39 is 18.1 Å². The molecule has 7 heteroatoms. The van der Waals surface area contributed by atoms with E-state index in [-0.39, 0.29) is 24.8 Å². The second-order valence-corrected chi connectivity index (χ2v) is 5.84. The van der Waals surface area contributed by atoms with Crippen molar-refractivity contribution in [3.63, 3.8) is 0 Å². The van der Waals surface area contributed by atoms with Crippen LogP contribution < -0.4 is 10.2 Å². The number of carbonyl (C=O) groups is 3. The van der Waals surface area contributed by atoms with Gasteiger partial charge < -0.3 is 15.2 Å². The zero-order valence-electron chi connectivity index (χ0n) is 12.7. The molecule has 2 aliphatic rings. The van der Waals surface area contributed by atoms with Crippen LogP contribution in [-0.2, 0) is 16.0 Å². The Kier molecular flexibility index (Phi) is 4.04. The molecule has 1 aliphatic heterocycles. The molecule has 0 aromatic heterocycles. The molecule has 0 bridgehead atoms. The third-order valence-electron chi connectivity index (χ3n) is 4.18. The number of anilines is 1. The van der Waals surface area contributed by atoms with Crippen molar-refractivity contribution in [2.75, 3.05) is 24.6 Å². The molecular weight excluding hydrogens is 300 g/mol. The van der Waals surface area contributed by atoms with Gasteiger partial charge in [-0.2, -0.15) is 0 Å². The van der Waals surface area contributed by atoms with Crippen LogP contribution in [0.4, 0.5) is 10.5 Å². The number of carbonyl (C=O) groups excluding carboxylic acids is 3. The SMILES string of the molecule is CC(=O)NC[C@H]1CN(c2ccc3c(c2)C[C@@H](CO)C3=O)C(=O)O1. The van der Waals surface area contributed by atoms with Gasteiger partial charge in [-0.25, -0.2) is 4.79 Å². The molecular formula is C16H18N2O5. The summed E-state index contributed by atoms with van der Waals surface area (Å²) in [5.74, 6) is -0.620. The fraction of sp³-hybridized carbons (Fsp3) is 0.438. The molecule has 0 radical (unpaired) electrons. The molecule has 2 atom stereocenters. The van der Waals surface area contributed by atoms with E-state index in [2.05, 4.69) is 5.32 Å². The summed E-state index contributed by atoms with van der Waals surface area (Å²) in [7, 11) is 0. The summed E-state index contributed by atoms with van der Waals surface area (Å²) in [6, 6.07) is 5.19. The van der Waals surface area contributed by atoms with E-state index in [4.69, 9.17) is 4.74 Å². The van der Waals surface area contributed by atoms with Gasteiger partial charge in [0, 0.05) is 24.1 Å². The van der Waals surface area contributed by atoms with Crippen LogP contribution in [-0.4, -0.2) is 48.7 Å². The molecule has 1 saturated heterocycles. The number of nitrogens with one attached hydrogen (secondary N) is 1. The number of aliphatic hydroxyl groups is 1. The quantitative estimate of drug-likeness (QED) is 0.842. The van der Waals surface area contributed by atoms with Crippen molar-refractivity contribution in [2.45, 2.75) is 19.4 Å². The van der Waals surface area contributed by atoms with Crippen molar-refractivity contribution < 1.29 is 24.2 Å². The molecule has 1 fully saturated rings. The van der Waals surface area contributed by atoms with Crippen LogP contribution in [0.3, 0.4) is 0 Å². The highest BCUT2D eigenvalue weighted by Gasteiger charge is 2.35. The van der Waals surface area contributed by atoms with Crippen LogP contribution >= 0.6 is 0 Å². The monoisotopic (exact) mass is 318 g/mol. The lowest BCUT2D eigenvalue weighted by atomic mass is 10.1. The van der Waals surface area contributed by atoms with Gasteiger partial charge >= 0.3 is 6.09 Å². The molecule has 1 aromatic rings. The number of benzene rings is 1. The van der Waals surface area contributed by atoms with Crippen LogP contribution in [0.1, 0.15) is 22.8 Å². The second kappa shape index (κ2) is 6.00. The Morgan fingerprint density at radius 3 is 2.91 bits per heavy atom. The Bertz CT molecular complexity index is 672. The molecule has 0 spiro atoms. The van der Waals surface area contributed by atoms with E-state index in [0.29, 0.717) is 24.2 Å². The van der Waals surface area contributed by atoms with Gasteiger partial charge in [-0.15, -0.1) is 0 Å². The van der Waals surface area contributed by atoms with Gasteiger partial charge in [0.15, 0.2) is 5.78 Å². The summed E-state index contributed by atoms with van der Waals surface area (Å²) in [5, 5.41) is 11.9. The van der Waals surface area contributed by atoms with E-state index in [1.165, 1.54) is 11.8 Å². The largest absolute Gasteiger partial charge is 0.442 e. The Morgan fingerprint density at radius 2 is 2.22 bits per heavy atom. The predicted octanol–water partition coefficient (Wildman–Crippen LogP) is 0.495. The Morgan fingerprint density at radius 1 is 1.43 bits per heavy atom. The van der Waals surface area contributed by atoms with Crippen molar-refractivity contribution >= 4 is 23.5 Å². The zero-order chi connectivity index (χ0) is 16.6. The number of cyclic esters (lactones) is 1. The number of Topliss-reactive ketones (excluding diaryl/α,β-unsaturated/α-hetero) is 1. The van der Waals surface area contributed by atoms with Gasteiger partial charge in [-0.1, -0.05) is 0 Å². The lowest BCUT2D eigenvalue weighted by Crippen LogP contribution is -2.33. The summed E-state index contributed by atoms with van der Waals surface area (Å²) >= 11 is 0. The number of ether oxygens (including phenoxy) is 1. The van der Waals surface area contributed by atoms with Crippen molar-refractivity contribution in [2.24, 2.45) is 5.92 Å². The van der Waals surface area contributed by atoms with Crippen LogP contribution in [0.25, 0.3) is 0 Å². The molecule has 2 N–H and O–H groups in total. The summed E-state index contributed by atoms with van der Waals surface area (Å²) < 4.78 is 5.23. The van der Waals surface area contributed by atoms with Gasteiger partial charge in [-0.3, -0.25) is 14.5 Å². The highest BCUT2D eigenvalue weighted by molar-refractivity contribution is 6.03. The fourth-order valence-corrected chi connectivity index (χ4v) is 2.98. The topological polar surface area (TPSA) is 95.9 Å². The number of aliphatic hydroxyl groups excluding tert-OH is 1. The summed E-state index contributed by atoms with van der Waals surface area (Å²) in [5.41, 5.74) is 2.10. The fourth-order valence-electron chi connectivity index (χ4n) is 2.98. The van der Waals surface area contributed by atoms with Gasteiger partial charge in [0.2, 0.25) is 5.91 Å². The molecule has 2 amide bonds. The number of amides is 2. The van der Waals surface area contributed by atoms with E-state index in [9.17, 15) is 19.5 Å². The standard InChI is InChI=1S/C16H18N2O5/c1-9(20)17-6-13-7-18(16(22)23-13)12-2-3-14-10(5-12)4-11(8-19)15(14)21/h2-3,5,11,13,19H,4,6-8H2,1H3,(H,17,20)/t11-,13-/m0/s1. The maximum atomic E-state index is 12.0. The minimum Gasteiger partial charge on any atom is -0.442 e. The van der Waals surface area contributed by atoms with Gasteiger partial charge in [0.25, 0.3) is 0 Å². The molecule has 122 valence electrons. The van der Waals surface area contributed by atoms with E-state index in [1.807, 2.05) is 0 Å². The molecule has 7 nitrogen and oxygen atoms in total. The molecule has 1 heterocycles. The van der Waals surface area contributed by atoms with Gasteiger partial charge in [-0.05, 0) is 30.2 Å². The van der Waals surface area contributed by atoms with Gasteiger partial charge in [0.05, 0.1) is 19.7 Å². The third kappa shape index (κ3) is 2.92.